The molecule has 2 atom stereocenters. The number of nitrogens with one attached hydrogen (secondary N) is 1. The minimum atomic E-state index is -4.76. The second kappa shape index (κ2) is 4.98. The van der Waals surface area contributed by atoms with Crippen LogP contribution in [0, 0.1) is 0 Å². The zero-order valence-electron chi connectivity index (χ0n) is 8.89. The summed E-state index contributed by atoms with van der Waals surface area (Å²) in [5.74, 6) is -1.32. The predicted octanol–water partition coefficient (Wildman–Crippen LogP) is 2.13. The Kier molecular flexibility index (Phi) is 4.19. The molecule has 0 aromatic heterocycles. The first-order chi connectivity index (χ1) is 8.00. The topological polar surface area (TPSA) is 41.5 Å². The van der Waals surface area contributed by atoms with Crippen LogP contribution in [-0.2, 0) is 4.79 Å². The first kappa shape index (κ1) is 15.1. The summed E-state index contributed by atoms with van der Waals surface area (Å²) in [5.41, 5.74) is 0. The standard InChI is InChI=1S/C8H8F6N2OS/c1-3-16-5(8(12,13)14)4(18-3)6(17)15-2-7(9,10)11/h4-5H,2H2,1H3,(H,15,17). The number of aliphatic imine (C=N–C) groups is 1. The maximum Gasteiger partial charge on any atom is 0.412 e. The van der Waals surface area contributed by atoms with Gasteiger partial charge in [0.1, 0.15) is 11.8 Å². The molecule has 0 aromatic rings. The smallest absolute Gasteiger partial charge is 0.346 e. The second-order valence-corrected chi connectivity index (χ2v) is 4.84. The van der Waals surface area contributed by atoms with Gasteiger partial charge in [-0.25, -0.2) is 0 Å². The number of nitrogens with zero attached hydrogens (tertiary/aromatic N) is 1. The number of rotatable bonds is 2. The number of carbonyl (C=O) groups is 1. The molecule has 10 heteroatoms. The number of halogens is 6. The van der Waals surface area contributed by atoms with Gasteiger partial charge in [-0.2, -0.15) is 26.3 Å². The van der Waals surface area contributed by atoms with Crippen LogP contribution in [-0.4, -0.2) is 41.1 Å². The normalized spacial score (nSPS) is 24.9. The number of amides is 1. The molecule has 0 fully saturated rings. The van der Waals surface area contributed by atoms with Crippen molar-refractivity contribution in [3.8, 4) is 0 Å². The van der Waals surface area contributed by atoms with E-state index in [1.165, 1.54) is 12.2 Å². The minimum absolute atomic E-state index is 0.0180. The number of hydrogen-bond acceptors (Lipinski definition) is 3. The van der Waals surface area contributed by atoms with Gasteiger partial charge in [-0.3, -0.25) is 9.79 Å². The van der Waals surface area contributed by atoms with E-state index < -0.39 is 36.1 Å². The third kappa shape index (κ3) is 4.07. The van der Waals surface area contributed by atoms with Crippen molar-refractivity contribution in [2.75, 3.05) is 6.54 Å². The van der Waals surface area contributed by atoms with Crippen molar-refractivity contribution in [1.82, 2.24) is 5.32 Å². The summed E-state index contributed by atoms with van der Waals surface area (Å²) in [6.45, 7) is -0.396. The lowest BCUT2D eigenvalue weighted by molar-refractivity contribution is -0.154. The van der Waals surface area contributed by atoms with E-state index in [0.717, 1.165) is 0 Å². The van der Waals surface area contributed by atoms with Crippen LogP contribution in [0.2, 0.25) is 0 Å². The first-order valence-corrected chi connectivity index (χ1v) is 5.51. The second-order valence-electron chi connectivity index (χ2n) is 3.51. The highest BCUT2D eigenvalue weighted by Gasteiger charge is 2.51. The predicted molar refractivity (Wildman–Crippen MR) is 53.4 cm³/mol. The van der Waals surface area contributed by atoms with Crippen LogP contribution in [0.25, 0.3) is 0 Å². The lowest BCUT2D eigenvalue weighted by Crippen LogP contribution is -2.46. The lowest BCUT2D eigenvalue weighted by atomic mass is 10.2. The fourth-order valence-electron chi connectivity index (χ4n) is 1.27. The monoisotopic (exact) mass is 294 g/mol. The highest BCUT2D eigenvalue weighted by atomic mass is 32.2. The van der Waals surface area contributed by atoms with Crippen molar-refractivity contribution >= 4 is 22.7 Å². The Hall–Kier alpha value is -0.930. The molecule has 3 nitrogen and oxygen atoms in total. The van der Waals surface area contributed by atoms with E-state index in [4.69, 9.17) is 0 Å². The minimum Gasteiger partial charge on any atom is -0.346 e. The molecule has 0 aromatic carbocycles. The Labute approximate surface area is 102 Å². The molecule has 104 valence electrons. The lowest BCUT2D eigenvalue weighted by Gasteiger charge is -2.19. The van der Waals surface area contributed by atoms with E-state index in [1.54, 1.807) is 0 Å². The Bertz CT molecular complexity index is 364. The van der Waals surface area contributed by atoms with Gasteiger partial charge in [0.2, 0.25) is 5.91 Å². The van der Waals surface area contributed by atoms with Crippen LogP contribution < -0.4 is 5.32 Å². The summed E-state index contributed by atoms with van der Waals surface area (Å²) < 4.78 is 73.0. The summed E-state index contributed by atoms with van der Waals surface area (Å²) in [7, 11) is 0. The molecule has 0 spiro atoms. The van der Waals surface area contributed by atoms with Crippen molar-refractivity contribution in [3.63, 3.8) is 0 Å². The number of hydrogen-bond donors (Lipinski definition) is 1. The van der Waals surface area contributed by atoms with Crippen LogP contribution in [0.4, 0.5) is 26.3 Å². The van der Waals surface area contributed by atoms with E-state index in [2.05, 4.69) is 4.99 Å². The van der Waals surface area contributed by atoms with Gasteiger partial charge in [-0.1, -0.05) is 11.8 Å². The molecule has 0 saturated carbocycles. The van der Waals surface area contributed by atoms with Crippen molar-refractivity contribution in [3.05, 3.63) is 0 Å². The highest BCUT2D eigenvalue weighted by Crippen LogP contribution is 2.37. The van der Waals surface area contributed by atoms with Gasteiger partial charge in [0.15, 0.2) is 6.04 Å². The van der Waals surface area contributed by atoms with Crippen LogP contribution in [0.1, 0.15) is 6.92 Å². The number of carbonyl (C=O) groups excluding carboxylic acids is 1. The summed E-state index contributed by atoms with van der Waals surface area (Å²) in [6.07, 6.45) is -9.42. The zero-order valence-corrected chi connectivity index (χ0v) is 9.71. The van der Waals surface area contributed by atoms with Gasteiger partial charge in [0.05, 0.1) is 5.04 Å². The first-order valence-electron chi connectivity index (χ1n) is 4.63. The van der Waals surface area contributed by atoms with Crippen molar-refractivity contribution in [2.24, 2.45) is 4.99 Å². The SMILES string of the molecule is CC1=NC(C(F)(F)F)C(C(=O)NCC(F)(F)F)S1. The van der Waals surface area contributed by atoms with Gasteiger partial charge < -0.3 is 5.32 Å². The molecule has 0 aliphatic carbocycles. The van der Waals surface area contributed by atoms with Crippen LogP contribution >= 0.6 is 11.8 Å². The third-order valence-electron chi connectivity index (χ3n) is 1.96. The molecule has 0 saturated heterocycles. The Balaban J connectivity index is 2.69. The van der Waals surface area contributed by atoms with Crippen molar-refractivity contribution < 1.29 is 31.1 Å². The summed E-state index contributed by atoms with van der Waals surface area (Å²) in [5, 5.41) is -0.254. The maximum absolute atomic E-state index is 12.5. The molecule has 2 unspecified atom stereocenters. The van der Waals surface area contributed by atoms with Gasteiger partial charge in [-0.15, -0.1) is 0 Å². The molecule has 1 aliphatic heterocycles. The number of alkyl halides is 6. The van der Waals surface area contributed by atoms with E-state index in [1.807, 2.05) is 0 Å². The Morgan fingerprint density at radius 3 is 2.33 bits per heavy atom. The van der Waals surface area contributed by atoms with Gasteiger partial charge in [0, 0.05) is 0 Å². The fourth-order valence-corrected chi connectivity index (χ4v) is 2.35. The molecule has 0 bridgehead atoms. The average molecular weight is 294 g/mol. The maximum atomic E-state index is 12.5. The van der Waals surface area contributed by atoms with E-state index >= 15 is 0 Å². The van der Waals surface area contributed by atoms with Gasteiger partial charge >= 0.3 is 12.4 Å². The van der Waals surface area contributed by atoms with E-state index in [0.29, 0.717) is 11.8 Å². The van der Waals surface area contributed by atoms with Crippen LogP contribution in [0.3, 0.4) is 0 Å². The van der Waals surface area contributed by atoms with Crippen molar-refractivity contribution in [1.29, 1.82) is 0 Å². The summed E-state index contributed by atoms with van der Waals surface area (Å²) >= 11 is 0.510. The van der Waals surface area contributed by atoms with Crippen LogP contribution in [0.15, 0.2) is 4.99 Å². The summed E-state index contributed by atoms with van der Waals surface area (Å²) in [4.78, 5) is 14.5. The third-order valence-corrected chi connectivity index (χ3v) is 3.13. The average Bonchev–Trinajstić information content (AvgIpc) is 2.55. The molecule has 0 radical (unpaired) electrons. The van der Waals surface area contributed by atoms with E-state index in [9.17, 15) is 31.1 Å². The van der Waals surface area contributed by atoms with Crippen molar-refractivity contribution in [2.45, 2.75) is 30.6 Å². The Morgan fingerprint density at radius 1 is 1.33 bits per heavy atom. The molecule has 18 heavy (non-hydrogen) atoms. The molecule has 1 heterocycles. The van der Waals surface area contributed by atoms with Gasteiger partial charge in [-0.05, 0) is 6.92 Å². The molecule has 1 aliphatic rings. The zero-order chi connectivity index (χ0) is 14.1. The largest absolute Gasteiger partial charge is 0.412 e. The molecular weight excluding hydrogens is 286 g/mol. The fraction of sp³-hybridized carbons (Fsp3) is 0.750. The van der Waals surface area contributed by atoms with Gasteiger partial charge in [0.25, 0.3) is 0 Å². The highest BCUT2D eigenvalue weighted by molar-refractivity contribution is 8.15. The molecule has 1 amide bonds. The number of thioether (sulfide) groups is 1. The van der Waals surface area contributed by atoms with Crippen LogP contribution in [0.5, 0.6) is 0 Å². The Morgan fingerprint density at radius 2 is 1.89 bits per heavy atom. The molecule has 1 N–H and O–H groups in total. The molecular formula is C8H8F6N2OS. The summed E-state index contributed by atoms with van der Waals surface area (Å²) in [6, 6.07) is -2.30. The molecule has 1 rings (SSSR count). The van der Waals surface area contributed by atoms with E-state index in [-0.39, 0.29) is 5.04 Å². The quantitative estimate of drug-likeness (QED) is 0.793.